The molecule has 1 aromatic rings. The van der Waals surface area contributed by atoms with Crippen LogP contribution in [0.3, 0.4) is 0 Å². The minimum absolute atomic E-state index is 0.241. The Morgan fingerprint density at radius 1 is 1.38 bits per heavy atom. The Balaban J connectivity index is 3.53. The largest absolute Gasteiger partial charge is 0.424 e. The first-order valence-electron chi connectivity index (χ1n) is 3.87. The number of halogens is 5. The Morgan fingerprint density at radius 3 is 2.31 bits per heavy atom. The smallest absolute Gasteiger partial charge is 0.258 e. The topological polar surface area (TPSA) is 43.1 Å². The maximum atomic E-state index is 12.6. The lowest BCUT2D eigenvalue weighted by molar-refractivity contribution is -0.388. The maximum absolute atomic E-state index is 12.6. The van der Waals surface area contributed by atoms with E-state index >= 15 is 0 Å². The molecule has 8 heteroatoms. The van der Waals surface area contributed by atoms with Gasteiger partial charge in [0.25, 0.3) is 5.69 Å². The van der Waals surface area contributed by atoms with Crippen molar-refractivity contribution < 1.29 is 18.1 Å². The van der Waals surface area contributed by atoms with Gasteiger partial charge in [-0.2, -0.15) is 13.2 Å². The Bertz CT molecular complexity index is 434. The third-order valence-corrected chi connectivity index (χ3v) is 3.04. The minimum Gasteiger partial charge on any atom is -0.258 e. The van der Waals surface area contributed by atoms with Crippen molar-refractivity contribution in [3.63, 3.8) is 0 Å². The highest BCUT2D eigenvalue weighted by atomic mass is 79.9. The number of benzene rings is 1. The lowest BCUT2D eigenvalue weighted by Crippen LogP contribution is -2.10. The summed E-state index contributed by atoms with van der Waals surface area (Å²) < 4.78 is 37.3. The van der Waals surface area contributed by atoms with Crippen LogP contribution in [0.2, 0.25) is 0 Å². The molecule has 1 rings (SSSR count). The zero-order valence-electron chi connectivity index (χ0n) is 7.52. The lowest BCUT2D eigenvalue weighted by atomic mass is 10.1. The second-order valence-corrected chi connectivity index (χ2v) is 4.28. The Hall–Kier alpha value is -0.630. The summed E-state index contributed by atoms with van der Waals surface area (Å²) in [4.78, 5) is 9.52. The molecule has 0 fully saturated rings. The molecule has 0 bridgehead atoms. The van der Waals surface area contributed by atoms with Gasteiger partial charge in [0.1, 0.15) is 5.56 Å². The monoisotopic (exact) mass is 361 g/mol. The van der Waals surface area contributed by atoms with Gasteiger partial charge in [0.05, 0.1) is 4.92 Å². The molecule has 0 atom stereocenters. The average molecular weight is 363 g/mol. The van der Waals surface area contributed by atoms with Gasteiger partial charge in [-0.05, 0) is 27.6 Å². The summed E-state index contributed by atoms with van der Waals surface area (Å²) >= 11 is 5.72. The third-order valence-electron chi connectivity index (χ3n) is 1.76. The van der Waals surface area contributed by atoms with Crippen molar-refractivity contribution in [2.75, 3.05) is 0 Å². The maximum Gasteiger partial charge on any atom is 0.424 e. The van der Waals surface area contributed by atoms with E-state index in [1.807, 2.05) is 0 Å². The number of nitro groups is 1. The van der Waals surface area contributed by atoms with Crippen molar-refractivity contribution in [2.24, 2.45) is 0 Å². The molecule has 0 aliphatic heterocycles. The normalized spacial score (nSPS) is 11.6. The molecule has 0 aliphatic carbocycles. The van der Waals surface area contributed by atoms with Crippen LogP contribution in [0.15, 0.2) is 16.6 Å². The van der Waals surface area contributed by atoms with Crippen molar-refractivity contribution in [1.29, 1.82) is 0 Å². The van der Waals surface area contributed by atoms with Crippen molar-refractivity contribution in [3.05, 3.63) is 37.8 Å². The predicted octanol–water partition coefficient (Wildman–Crippen LogP) is 4.27. The van der Waals surface area contributed by atoms with E-state index in [0.717, 1.165) is 6.07 Å². The number of alkyl halides is 4. The van der Waals surface area contributed by atoms with E-state index in [2.05, 4.69) is 31.9 Å². The molecule has 88 valence electrons. The lowest BCUT2D eigenvalue weighted by Gasteiger charge is -2.10. The van der Waals surface area contributed by atoms with E-state index < -0.39 is 22.4 Å². The van der Waals surface area contributed by atoms with Crippen molar-refractivity contribution in [2.45, 2.75) is 11.5 Å². The molecule has 0 unspecified atom stereocenters. The number of nitro benzene ring substituents is 1. The quantitative estimate of drug-likeness (QED) is 0.448. The van der Waals surface area contributed by atoms with E-state index in [-0.39, 0.29) is 9.80 Å². The van der Waals surface area contributed by atoms with Crippen molar-refractivity contribution in [3.8, 4) is 0 Å². The first-order chi connectivity index (χ1) is 7.27. The minimum atomic E-state index is -4.76. The van der Waals surface area contributed by atoms with Gasteiger partial charge in [-0.25, -0.2) is 0 Å². The van der Waals surface area contributed by atoms with Crippen LogP contribution in [0.25, 0.3) is 0 Å². The van der Waals surface area contributed by atoms with Gasteiger partial charge in [0.2, 0.25) is 0 Å². The third kappa shape index (κ3) is 2.73. The second kappa shape index (κ2) is 4.70. The van der Waals surface area contributed by atoms with E-state index in [0.29, 0.717) is 5.56 Å². The molecule has 0 radical (unpaired) electrons. The highest BCUT2D eigenvalue weighted by molar-refractivity contribution is 9.10. The fraction of sp³-hybridized carbons (Fsp3) is 0.250. The summed E-state index contributed by atoms with van der Waals surface area (Å²) in [5, 5.41) is 10.8. The molecular weight excluding hydrogens is 359 g/mol. The molecular formula is C8H4Br2F3NO2. The fourth-order valence-corrected chi connectivity index (χ4v) is 2.19. The van der Waals surface area contributed by atoms with E-state index in [4.69, 9.17) is 0 Å². The summed E-state index contributed by atoms with van der Waals surface area (Å²) in [6.45, 7) is 0. The first-order valence-corrected chi connectivity index (χ1v) is 5.78. The highest BCUT2D eigenvalue weighted by Crippen LogP contribution is 2.41. The van der Waals surface area contributed by atoms with E-state index in [9.17, 15) is 23.3 Å². The molecule has 3 nitrogen and oxygen atoms in total. The van der Waals surface area contributed by atoms with Crippen LogP contribution in [0.4, 0.5) is 18.9 Å². The fourth-order valence-electron chi connectivity index (χ4n) is 1.15. The van der Waals surface area contributed by atoms with Crippen LogP contribution >= 0.6 is 31.9 Å². The molecule has 0 saturated heterocycles. The van der Waals surface area contributed by atoms with Gasteiger partial charge < -0.3 is 0 Å². The molecule has 16 heavy (non-hydrogen) atoms. The average Bonchev–Trinajstić information content (AvgIpc) is 2.14. The zero-order valence-corrected chi connectivity index (χ0v) is 10.7. The van der Waals surface area contributed by atoms with Crippen LogP contribution in [0.5, 0.6) is 0 Å². The summed E-state index contributed by atoms with van der Waals surface area (Å²) in [5.74, 6) is 0. The molecule has 0 aromatic heterocycles. The number of rotatable bonds is 2. The van der Waals surface area contributed by atoms with Crippen LogP contribution in [-0.4, -0.2) is 4.92 Å². The van der Waals surface area contributed by atoms with Crippen LogP contribution in [-0.2, 0) is 11.5 Å². The summed E-state index contributed by atoms with van der Waals surface area (Å²) in [6.07, 6.45) is -4.76. The highest BCUT2D eigenvalue weighted by Gasteiger charge is 2.40. The molecule has 0 amide bonds. The van der Waals surface area contributed by atoms with Crippen molar-refractivity contribution >= 4 is 37.5 Å². The Labute approximate surface area is 105 Å². The molecule has 1 aromatic carbocycles. The van der Waals surface area contributed by atoms with Gasteiger partial charge >= 0.3 is 6.18 Å². The van der Waals surface area contributed by atoms with Crippen LogP contribution in [0.1, 0.15) is 11.1 Å². The van der Waals surface area contributed by atoms with Gasteiger partial charge in [0.15, 0.2) is 0 Å². The molecule has 0 saturated carbocycles. The molecule has 0 heterocycles. The Kier molecular flexibility index (Phi) is 3.95. The molecule has 0 aliphatic rings. The zero-order chi connectivity index (χ0) is 12.5. The van der Waals surface area contributed by atoms with Crippen LogP contribution < -0.4 is 0 Å². The van der Waals surface area contributed by atoms with Gasteiger partial charge in [0, 0.05) is 15.9 Å². The SMILES string of the molecule is O=[N+]([O-])c1cc(CBr)cc(Br)c1C(F)(F)F. The van der Waals surface area contributed by atoms with Gasteiger partial charge in [-0.3, -0.25) is 10.1 Å². The number of hydrogen-bond acceptors (Lipinski definition) is 2. The van der Waals surface area contributed by atoms with Gasteiger partial charge in [-0.15, -0.1) is 0 Å². The van der Waals surface area contributed by atoms with E-state index in [1.165, 1.54) is 6.07 Å². The number of nitrogens with zero attached hydrogens (tertiary/aromatic N) is 1. The Morgan fingerprint density at radius 2 is 1.94 bits per heavy atom. The van der Waals surface area contributed by atoms with Crippen molar-refractivity contribution in [1.82, 2.24) is 0 Å². The summed E-state index contributed by atoms with van der Waals surface area (Å²) in [5.41, 5.74) is -1.81. The van der Waals surface area contributed by atoms with E-state index in [1.54, 1.807) is 0 Å². The van der Waals surface area contributed by atoms with Crippen LogP contribution in [0, 0.1) is 10.1 Å². The number of hydrogen-bond donors (Lipinski definition) is 0. The predicted molar refractivity (Wildman–Crippen MR) is 58.4 cm³/mol. The molecule has 0 N–H and O–H groups in total. The second-order valence-electron chi connectivity index (χ2n) is 2.86. The summed E-state index contributed by atoms with van der Waals surface area (Å²) in [6, 6.07) is 2.10. The molecule has 0 spiro atoms. The standard InChI is InChI=1S/C8H4Br2F3NO2/c9-3-4-1-5(10)7(8(11,12)13)6(2-4)14(15)16/h1-2H,3H2. The van der Waals surface area contributed by atoms with Gasteiger partial charge in [-0.1, -0.05) is 15.9 Å². The summed E-state index contributed by atoms with van der Waals surface area (Å²) in [7, 11) is 0. The first kappa shape index (κ1) is 13.4.